The van der Waals surface area contributed by atoms with Gasteiger partial charge in [0.15, 0.2) is 0 Å². The molecule has 0 aromatic carbocycles. The van der Waals surface area contributed by atoms with Crippen LogP contribution in [0.1, 0.15) is 99.3 Å². The molecule has 3 nitrogen and oxygen atoms in total. The Hall–Kier alpha value is -0.830. The van der Waals surface area contributed by atoms with E-state index >= 15 is 0 Å². The molecule has 5 rings (SSSR count). The molecule has 4 fully saturated rings. The third-order valence-corrected chi connectivity index (χ3v) is 12.5. The number of aliphatic hydroxyl groups excluding tert-OH is 1. The number of rotatable bonds is 1. The van der Waals surface area contributed by atoms with Crippen molar-refractivity contribution in [2.45, 2.75) is 105 Å². The van der Waals surface area contributed by atoms with E-state index in [9.17, 15) is 15.0 Å². The van der Waals surface area contributed by atoms with Crippen LogP contribution in [0.2, 0.25) is 0 Å². The SMILES string of the molecule is CC1CC2(C(=O)O)CCC3(C)C4=CCC5C(C)(C)C(O)CCC5(C)C4CCC3(C2)C1C. The van der Waals surface area contributed by atoms with Gasteiger partial charge in [0.25, 0.3) is 0 Å². The lowest BCUT2D eigenvalue weighted by atomic mass is 9.33. The summed E-state index contributed by atoms with van der Waals surface area (Å²) in [6, 6.07) is 0. The third kappa shape index (κ3) is 2.48. The van der Waals surface area contributed by atoms with E-state index in [2.05, 4.69) is 47.6 Å². The van der Waals surface area contributed by atoms with E-state index in [-0.39, 0.29) is 27.8 Å². The molecule has 3 heteroatoms. The van der Waals surface area contributed by atoms with Crippen molar-refractivity contribution in [2.75, 3.05) is 0 Å². The average Bonchev–Trinajstić information content (AvgIpc) is 2.70. The predicted octanol–water partition coefficient (Wildman–Crippen LogP) is 6.45. The Bertz CT molecular complexity index is 828. The maximum absolute atomic E-state index is 12.5. The average molecular weight is 429 g/mol. The van der Waals surface area contributed by atoms with Gasteiger partial charge in [-0.25, -0.2) is 0 Å². The summed E-state index contributed by atoms with van der Waals surface area (Å²) in [7, 11) is 0. The molecule has 0 heterocycles. The molecule has 0 aromatic heterocycles. The van der Waals surface area contributed by atoms with Crippen molar-refractivity contribution < 1.29 is 15.0 Å². The summed E-state index contributed by atoms with van der Waals surface area (Å²) in [6.07, 6.45) is 11.5. The van der Waals surface area contributed by atoms with Gasteiger partial charge < -0.3 is 10.2 Å². The highest BCUT2D eigenvalue weighted by Crippen LogP contribution is 2.76. The summed E-state index contributed by atoms with van der Waals surface area (Å²) < 4.78 is 0. The zero-order valence-corrected chi connectivity index (χ0v) is 20.6. The summed E-state index contributed by atoms with van der Waals surface area (Å²) in [4.78, 5) is 12.5. The summed E-state index contributed by atoms with van der Waals surface area (Å²) in [5, 5.41) is 21.1. The van der Waals surface area contributed by atoms with E-state index in [1.165, 1.54) is 12.8 Å². The van der Waals surface area contributed by atoms with Gasteiger partial charge in [0.05, 0.1) is 11.5 Å². The van der Waals surface area contributed by atoms with Crippen LogP contribution in [0.5, 0.6) is 0 Å². The zero-order valence-electron chi connectivity index (χ0n) is 20.6. The van der Waals surface area contributed by atoms with Crippen molar-refractivity contribution in [3.05, 3.63) is 11.6 Å². The van der Waals surface area contributed by atoms with Gasteiger partial charge in [0.2, 0.25) is 0 Å². The van der Waals surface area contributed by atoms with Gasteiger partial charge >= 0.3 is 5.97 Å². The topological polar surface area (TPSA) is 57.5 Å². The Kier molecular flexibility index (Phi) is 4.53. The normalized spacial score (nSPS) is 55.3. The number of allylic oxidation sites excluding steroid dienone is 2. The molecule has 31 heavy (non-hydrogen) atoms. The molecule has 1 spiro atoms. The first-order valence-corrected chi connectivity index (χ1v) is 13.0. The second-order valence-corrected chi connectivity index (χ2v) is 13.6. The van der Waals surface area contributed by atoms with Crippen molar-refractivity contribution in [3.63, 3.8) is 0 Å². The minimum atomic E-state index is -0.539. The number of carbonyl (C=O) groups is 1. The smallest absolute Gasteiger partial charge is 0.309 e. The minimum absolute atomic E-state index is 0.0389. The van der Waals surface area contributed by atoms with Gasteiger partial charge in [0, 0.05) is 0 Å². The lowest BCUT2D eigenvalue weighted by Crippen LogP contribution is -2.65. The van der Waals surface area contributed by atoms with Gasteiger partial charge in [-0.15, -0.1) is 0 Å². The first-order chi connectivity index (χ1) is 14.3. The molecule has 5 aliphatic rings. The Morgan fingerprint density at radius 3 is 2.42 bits per heavy atom. The maximum atomic E-state index is 12.5. The van der Waals surface area contributed by atoms with E-state index in [1.807, 2.05) is 0 Å². The molecular weight excluding hydrogens is 384 g/mol. The molecule has 4 saturated carbocycles. The Morgan fingerprint density at radius 1 is 1.03 bits per heavy atom. The number of carboxylic acid groups (broad SMARTS) is 1. The lowest BCUT2D eigenvalue weighted by Gasteiger charge is -2.71. The fourth-order valence-corrected chi connectivity index (χ4v) is 10.4. The third-order valence-electron chi connectivity index (χ3n) is 12.5. The summed E-state index contributed by atoms with van der Waals surface area (Å²) in [6.45, 7) is 14.4. The first kappa shape index (κ1) is 22.0. The number of aliphatic hydroxyl groups is 1. The van der Waals surface area contributed by atoms with Gasteiger partial charge in [-0.3, -0.25) is 4.79 Å². The minimum Gasteiger partial charge on any atom is -0.481 e. The molecule has 0 aliphatic heterocycles. The Labute approximate surface area is 189 Å². The predicted molar refractivity (Wildman–Crippen MR) is 123 cm³/mol. The number of hydrogen-bond acceptors (Lipinski definition) is 2. The van der Waals surface area contributed by atoms with Crippen molar-refractivity contribution in [3.8, 4) is 0 Å². The van der Waals surface area contributed by atoms with Crippen molar-refractivity contribution in [1.29, 1.82) is 0 Å². The summed E-state index contributed by atoms with van der Waals surface area (Å²) in [5.74, 6) is 1.62. The number of carboxylic acids is 1. The zero-order chi connectivity index (χ0) is 22.6. The number of hydrogen-bond donors (Lipinski definition) is 2. The molecule has 9 atom stereocenters. The molecule has 2 bridgehead atoms. The molecule has 5 aliphatic carbocycles. The number of aliphatic carboxylic acids is 1. The van der Waals surface area contributed by atoms with E-state index in [1.54, 1.807) is 5.57 Å². The Morgan fingerprint density at radius 2 is 1.74 bits per heavy atom. The highest BCUT2D eigenvalue weighted by atomic mass is 16.4. The van der Waals surface area contributed by atoms with Gasteiger partial charge in [-0.1, -0.05) is 53.2 Å². The molecule has 9 unspecified atom stereocenters. The lowest BCUT2D eigenvalue weighted by molar-refractivity contribution is -0.199. The van der Waals surface area contributed by atoms with E-state index in [0.29, 0.717) is 23.7 Å². The van der Waals surface area contributed by atoms with E-state index < -0.39 is 11.4 Å². The monoisotopic (exact) mass is 428 g/mol. The van der Waals surface area contributed by atoms with Crippen LogP contribution in [0.25, 0.3) is 0 Å². The van der Waals surface area contributed by atoms with Crippen LogP contribution < -0.4 is 0 Å². The molecule has 174 valence electrons. The number of fused-ring (bicyclic) bond motifs is 5. The molecule has 0 aromatic rings. The van der Waals surface area contributed by atoms with Crippen LogP contribution in [0.3, 0.4) is 0 Å². The highest BCUT2D eigenvalue weighted by Gasteiger charge is 2.69. The van der Waals surface area contributed by atoms with Crippen molar-refractivity contribution in [2.24, 2.45) is 50.7 Å². The summed E-state index contributed by atoms with van der Waals surface area (Å²) in [5.41, 5.74) is 1.64. The largest absolute Gasteiger partial charge is 0.481 e. The molecule has 0 radical (unpaired) electrons. The van der Waals surface area contributed by atoms with E-state index in [0.717, 1.165) is 44.9 Å². The standard InChI is InChI=1S/C28H44O3/c1-17-15-27(23(30)31)14-13-26(6)20-7-8-21-24(3,4)22(29)10-11-25(21,5)19(20)9-12-28(26,16-27)18(17)2/h7,17-19,21-22,29H,8-16H2,1-6H3,(H,30,31). The first-order valence-electron chi connectivity index (χ1n) is 13.0. The van der Waals surface area contributed by atoms with Crippen LogP contribution >= 0.6 is 0 Å². The second-order valence-electron chi connectivity index (χ2n) is 13.6. The molecule has 0 amide bonds. The highest BCUT2D eigenvalue weighted by molar-refractivity contribution is 5.75. The van der Waals surface area contributed by atoms with Gasteiger partial charge in [0.1, 0.15) is 0 Å². The molecule has 0 saturated heterocycles. The van der Waals surface area contributed by atoms with Crippen molar-refractivity contribution >= 4 is 5.97 Å². The fourth-order valence-electron chi connectivity index (χ4n) is 10.4. The van der Waals surface area contributed by atoms with Gasteiger partial charge in [-0.2, -0.15) is 0 Å². The van der Waals surface area contributed by atoms with Crippen LogP contribution in [-0.4, -0.2) is 22.3 Å². The van der Waals surface area contributed by atoms with E-state index in [4.69, 9.17) is 0 Å². The van der Waals surface area contributed by atoms with Gasteiger partial charge in [-0.05, 0) is 103 Å². The van der Waals surface area contributed by atoms with Crippen LogP contribution in [0.15, 0.2) is 11.6 Å². The Balaban J connectivity index is 1.61. The van der Waals surface area contributed by atoms with Crippen LogP contribution in [-0.2, 0) is 4.79 Å². The molecule has 2 N–H and O–H groups in total. The second kappa shape index (κ2) is 6.39. The van der Waals surface area contributed by atoms with Crippen LogP contribution in [0, 0.1) is 50.7 Å². The summed E-state index contributed by atoms with van der Waals surface area (Å²) >= 11 is 0. The fraction of sp³-hybridized carbons (Fsp3) is 0.893. The molecular formula is C28H44O3. The van der Waals surface area contributed by atoms with Crippen LogP contribution in [0.4, 0.5) is 0 Å². The maximum Gasteiger partial charge on any atom is 0.309 e. The quantitative estimate of drug-likeness (QED) is 0.472. The van der Waals surface area contributed by atoms with Crippen molar-refractivity contribution in [1.82, 2.24) is 0 Å².